The van der Waals surface area contributed by atoms with Gasteiger partial charge in [0.2, 0.25) is 17.7 Å². The average Bonchev–Trinajstić information content (AvgIpc) is 3.96. The molecule has 4 fully saturated rings. The molecular weight excluding hydrogens is 919 g/mol. The van der Waals surface area contributed by atoms with E-state index in [0.717, 1.165) is 59.7 Å². The summed E-state index contributed by atoms with van der Waals surface area (Å²) in [6.45, 7) is 16.8. The molecule has 1 aromatic heterocycles. The van der Waals surface area contributed by atoms with Gasteiger partial charge < -0.3 is 40.3 Å². The van der Waals surface area contributed by atoms with E-state index in [1.54, 1.807) is 29.5 Å². The number of aliphatic hydroxyl groups is 1. The number of nitrogens with zero attached hydrogens (tertiary/aromatic N) is 6. The SMILES string of the molecule is Cc1ncsc1-c1ccc([C@H](C)NC(=O)[C@@H]2C[C@@H](O)CN2C(=O)[C@@H](NC(=O)CN2CCN(CCCc3ccc(C(=O)NC4C(C)(C)C(Oc5ccc(C#N)c(C#N)c5)C4(C)C)cc3)CC2)C2COC2)cc1. The third kappa shape index (κ3) is 11.3. The Morgan fingerprint density at radius 2 is 1.59 bits per heavy atom. The predicted molar refractivity (Wildman–Crippen MR) is 268 cm³/mol. The first-order valence-electron chi connectivity index (χ1n) is 24.6. The maximum Gasteiger partial charge on any atom is 0.251 e. The maximum atomic E-state index is 14.2. The standard InChI is InChI=1S/C54H65N9O7S/c1-33(36-13-15-37(16-14-36)47-34(2)57-32-71-47)58-49(67)44-25-42(64)28-63(44)50(68)46(41-30-69-31-41)59-45(65)29-62-22-20-61(21-23-62)19-7-8-35-9-11-38(12-10-35)48(66)60-51-53(3,4)52(54(51,5)6)70-43-18-17-39(26-55)40(24-43)27-56/h9-18,24,32-33,41-42,44,46,51-52,64H,7-8,19-23,25,28-31H2,1-6H3,(H,58,67)(H,59,65)(H,60,66)/t33-,42+,44-,46-,51?,52?/m0/s1. The summed E-state index contributed by atoms with van der Waals surface area (Å²) in [5, 5.41) is 38.8. The Labute approximate surface area is 420 Å². The van der Waals surface area contributed by atoms with Crippen molar-refractivity contribution in [1.82, 2.24) is 35.6 Å². The molecule has 1 aliphatic carbocycles. The van der Waals surface area contributed by atoms with Gasteiger partial charge in [-0.2, -0.15) is 10.5 Å². The number of benzene rings is 3. The highest BCUT2D eigenvalue weighted by molar-refractivity contribution is 7.13. The molecular formula is C54H65N9O7S. The van der Waals surface area contributed by atoms with Crippen LogP contribution in [0, 0.1) is 46.3 Å². The Kier molecular flexibility index (Phi) is 15.6. The molecule has 8 rings (SSSR count). The van der Waals surface area contributed by atoms with Crippen molar-refractivity contribution in [2.24, 2.45) is 16.7 Å². The fourth-order valence-corrected chi connectivity index (χ4v) is 11.9. The second kappa shape index (κ2) is 21.6. The largest absolute Gasteiger partial charge is 0.489 e. The molecule has 17 heteroatoms. The minimum Gasteiger partial charge on any atom is -0.489 e. The van der Waals surface area contributed by atoms with Gasteiger partial charge in [-0.1, -0.05) is 64.1 Å². The van der Waals surface area contributed by atoms with E-state index >= 15 is 0 Å². The van der Waals surface area contributed by atoms with Crippen LogP contribution < -0.4 is 20.7 Å². The molecule has 4 aromatic rings. The summed E-state index contributed by atoms with van der Waals surface area (Å²) >= 11 is 1.58. The van der Waals surface area contributed by atoms with Crippen LogP contribution in [0.1, 0.15) is 91.8 Å². The molecule has 0 spiro atoms. The molecule has 3 saturated heterocycles. The lowest BCUT2D eigenvalue weighted by Gasteiger charge is -2.63. The molecule has 0 radical (unpaired) electrons. The molecule has 4 amide bonds. The molecule has 1 saturated carbocycles. The van der Waals surface area contributed by atoms with Gasteiger partial charge >= 0.3 is 0 Å². The maximum absolute atomic E-state index is 14.2. The number of hydrogen-bond acceptors (Lipinski definition) is 13. The number of likely N-dealkylation sites (tertiary alicyclic amines) is 1. The molecule has 4 N–H and O–H groups in total. The molecule has 4 heterocycles. The van der Waals surface area contributed by atoms with E-state index in [4.69, 9.17) is 9.47 Å². The Morgan fingerprint density at radius 3 is 2.21 bits per heavy atom. The number of piperazine rings is 1. The smallest absolute Gasteiger partial charge is 0.251 e. The van der Waals surface area contributed by atoms with E-state index < -0.39 is 29.0 Å². The zero-order valence-electron chi connectivity index (χ0n) is 41.4. The number of amides is 4. The third-order valence-electron chi connectivity index (χ3n) is 14.9. The van der Waals surface area contributed by atoms with E-state index in [0.29, 0.717) is 43.2 Å². The Morgan fingerprint density at radius 1 is 0.915 bits per heavy atom. The fraction of sp³-hybridized carbons (Fsp3) is 0.500. The van der Waals surface area contributed by atoms with Gasteiger partial charge in [-0.25, -0.2) is 4.98 Å². The van der Waals surface area contributed by atoms with Crippen LogP contribution in [0.15, 0.2) is 72.2 Å². The highest BCUT2D eigenvalue weighted by Gasteiger charge is 2.64. The molecule has 3 aliphatic heterocycles. The van der Waals surface area contributed by atoms with Crippen LogP contribution >= 0.6 is 11.3 Å². The van der Waals surface area contributed by atoms with Gasteiger partial charge in [-0.05, 0) is 80.3 Å². The number of hydrogen-bond donors (Lipinski definition) is 4. The number of aliphatic hydroxyl groups excluding tert-OH is 1. The average molecular weight is 984 g/mol. The van der Waals surface area contributed by atoms with Gasteiger partial charge in [0.15, 0.2) is 0 Å². The van der Waals surface area contributed by atoms with Crippen molar-refractivity contribution in [2.75, 3.05) is 59.0 Å². The van der Waals surface area contributed by atoms with Crippen molar-refractivity contribution in [3.8, 4) is 28.3 Å². The lowest BCUT2D eigenvalue weighted by molar-refractivity contribution is -0.164. The minimum absolute atomic E-state index is 0.00514. The zero-order valence-corrected chi connectivity index (χ0v) is 42.3. The number of ether oxygens (including phenoxy) is 2. The number of carbonyl (C=O) groups excluding carboxylic acids is 4. The number of thiazole rings is 1. The Bertz CT molecular complexity index is 2650. The van der Waals surface area contributed by atoms with E-state index in [9.17, 15) is 34.8 Å². The Hall–Kier alpha value is -6.21. The number of nitrogens with one attached hydrogen (secondary N) is 3. The van der Waals surface area contributed by atoms with Crippen LogP contribution in [-0.2, 0) is 25.5 Å². The van der Waals surface area contributed by atoms with Crippen molar-refractivity contribution in [1.29, 1.82) is 10.5 Å². The highest BCUT2D eigenvalue weighted by atomic mass is 32.1. The fourth-order valence-electron chi connectivity index (χ4n) is 11.1. The topological polar surface area (TPSA) is 213 Å². The van der Waals surface area contributed by atoms with Crippen LogP contribution in [0.25, 0.3) is 10.4 Å². The van der Waals surface area contributed by atoms with E-state index in [1.165, 1.54) is 4.90 Å². The second-order valence-electron chi connectivity index (χ2n) is 20.8. The predicted octanol–water partition coefficient (Wildman–Crippen LogP) is 4.99. The molecule has 4 aliphatic rings. The number of β-amino-alcohol motifs (C(OH)–C–C–N with tert-alkyl or cyclic N) is 1. The molecule has 374 valence electrons. The van der Waals surface area contributed by atoms with Gasteiger partial charge in [-0.15, -0.1) is 11.3 Å². The molecule has 0 bridgehead atoms. The van der Waals surface area contributed by atoms with Crippen LogP contribution in [0.5, 0.6) is 5.75 Å². The molecule has 3 aromatic carbocycles. The summed E-state index contributed by atoms with van der Waals surface area (Å²) in [5.41, 5.74) is 6.23. The number of aryl methyl sites for hydroxylation is 2. The van der Waals surface area contributed by atoms with Crippen LogP contribution in [0.2, 0.25) is 0 Å². The molecule has 16 nitrogen and oxygen atoms in total. The lowest BCUT2D eigenvalue weighted by atomic mass is 9.49. The van der Waals surface area contributed by atoms with E-state index in [2.05, 4.69) is 64.5 Å². The first kappa shape index (κ1) is 51.2. The quantitative estimate of drug-likeness (QED) is 0.110. The first-order chi connectivity index (χ1) is 34.0. The molecule has 0 unspecified atom stereocenters. The monoisotopic (exact) mass is 983 g/mol. The lowest BCUT2D eigenvalue weighted by Crippen LogP contribution is -2.74. The third-order valence-corrected chi connectivity index (χ3v) is 15.9. The number of aromatic nitrogens is 1. The normalized spacial score (nSPS) is 22.7. The van der Waals surface area contributed by atoms with E-state index in [-0.39, 0.29) is 72.8 Å². The van der Waals surface area contributed by atoms with Crippen molar-refractivity contribution in [3.63, 3.8) is 0 Å². The number of carbonyl (C=O) groups is 4. The van der Waals surface area contributed by atoms with Gasteiger partial charge in [-0.3, -0.25) is 24.1 Å². The summed E-state index contributed by atoms with van der Waals surface area (Å²) in [4.78, 5) is 66.3. The van der Waals surface area contributed by atoms with Gasteiger partial charge in [0.25, 0.3) is 5.91 Å². The first-order valence-corrected chi connectivity index (χ1v) is 25.5. The molecule has 4 atom stereocenters. The van der Waals surface area contributed by atoms with Gasteiger partial charge in [0, 0.05) is 67.5 Å². The van der Waals surface area contributed by atoms with Crippen LogP contribution in [0.3, 0.4) is 0 Å². The zero-order chi connectivity index (χ0) is 50.6. The summed E-state index contributed by atoms with van der Waals surface area (Å²) < 4.78 is 11.8. The van der Waals surface area contributed by atoms with Crippen molar-refractivity contribution >= 4 is 35.0 Å². The summed E-state index contributed by atoms with van der Waals surface area (Å²) in [5.74, 6) is -0.866. The summed E-state index contributed by atoms with van der Waals surface area (Å²) in [7, 11) is 0. The summed E-state index contributed by atoms with van der Waals surface area (Å²) in [6, 6.07) is 22.4. The second-order valence-corrected chi connectivity index (χ2v) is 21.6. The minimum atomic E-state index is -0.877. The molecule has 71 heavy (non-hydrogen) atoms. The highest BCUT2D eigenvalue weighted by Crippen LogP contribution is 2.55. The van der Waals surface area contributed by atoms with Crippen molar-refractivity contribution < 1.29 is 33.8 Å². The van der Waals surface area contributed by atoms with Gasteiger partial charge in [0.05, 0.1) is 59.1 Å². The van der Waals surface area contributed by atoms with Crippen molar-refractivity contribution in [3.05, 3.63) is 106 Å². The van der Waals surface area contributed by atoms with Crippen molar-refractivity contribution in [2.45, 2.75) is 97.2 Å². The van der Waals surface area contributed by atoms with Gasteiger partial charge in [0.1, 0.15) is 36.1 Å². The number of nitriles is 2. The summed E-state index contributed by atoms with van der Waals surface area (Å²) in [6.07, 6.45) is 0.792. The van der Waals surface area contributed by atoms with Crippen LogP contribution in [-0.4, -0.2) is 138 Å². The van der Waals surface area contributed by atoms with E-state index in [1.807, 2.05) is 74.0 Å². The Balaban J connectivity index is 0.759. The number of rotatable bonds is 17. The van der Waals surface area contributed by atoms with Crippen LogP contribution in [0.4, 0.5) is 0 Å².